The normalized spacial score (nSPS) is 20.4. The van der Waals surface area contributed by atoms with Gasteiger partial charge in [0.05, 0.1) is 0 Å². The van der Waals surface area contributed by atoms with Crippen molar-refractivity contribution in [3.63, 3.8) is 0 Å². The van der Waals surface area contributed by atoms with E-state index in [1.165, 1.54) is 36.8 Å². The van der Waals surface area contributed by atoms with Gasteiger partial charge in [0, 0.05) is 18.2 Å². The highest BCUT2D eigenvalue weighted by Gasteiger charge is 2.24. The molecule has 2 N–H and O–H groups in total. The lowest BCUT2D eigenvalue weighted by Crippen LogP contribution is -2.38. The van der Waals surface area contributed by atoms with E-state index in [0.29, 0.717) is 12.0 Å². The SMILES string of the molecule is CC(NC(=O)c1cccc2c1CCNC2)C1CCCC1. The molecule has 1 aromatic carbocycles. The van der Waals surface area contributed by atoms with Crippen LogP contribution in [0.25, 0.3) is 0 Å². The molecule has 1 aliphatic heterocycles. The first-order valence-electron chi connectivity index (χ1n) is 7.88. The molecule has 1 aliphatic carbocycles. The zero-order chi connectivity index (χ0) is 13.9. The number of benzene rings is 1. The molecule has 108 valence electrons. The predicted octanol–water partition coefficient (Wildman–Crippen LogP) is 2.64. The Morgan fingerprint density at radius 1 is 1.35 bits per heavy atom. The van der Waals surface area contributed by atoms with Crippen molar-refractivity contribution < 1.29 is 4.79 Å². The van der Waals surface area contributed by atoms with Gasteiger partial charge in [0.15, 0.2) is 0 Å². The fraction of sp³-hybridized carbons (Fsp3) is 0.588. The van der Waals surface area contributed by atoms with Gasteiger partial charge in [0.25, 0.3) is 5.91 Å². The molecular weight excluding hydrogens is 248 g/mol. The monoisotopic (exact) mass is 272 g/mol. The Bertz CT molecular complexity index is 492. The molecule has 1 unspecified atom stereocenters. The van der Waals surface area contributed by atoms with Crippen LogP contribution in [0.2, 0.25) is 0 Å². The van der Waals surface area contributed by atoms with Gasteiger partial charge in [-0.3, -0.25) is 4.79 Å². The van der Waals surface area contributed by atoms with Crippen LogP contribution in [0, 0.1) is 5.92 Å². The van der Waals surface area contributed by atoms with Crippen molar-refractivity contribution in [2.45, 2.75) is 51.6 Å². The smallest absolute Gasteiger partial charge is 0.251 e. The average molecular weight is 272 g/mol. The van der Waals surface area contributed by atoms with Crippen LogP contribution in [0.5, 0.6) is 0 Å². The van der Waals surface area contributed by atoms with Gasteiger partial charge in [-0.25, -0.2) is 0 Å². The molecule has 0 aromatic heterocycles. The fourth-order valence-electron chi connectivity index (χ4n) is 3.60. The maximum Gasteiger partial charge on any atom is 0.251 e. The standard InChI is InChI=1S/C17H24N2O/c1-12(13-5-2-3-6-13)19-17(20)16-8-4-7-14-11-18-10-9-15(14)16/h4,7-8,12-13,18H,2-3,5-6,9-11H2,1H3,(H,19,20). The maximum absolute atomic E-state index is 12.6. The number of nitrogens with one attached hydrogen (secondary N) is 2. The largest absolute Gasteiger partial charge is 0.349 e. The van der Waals surface area contributed by atoms with E-state index >= 15 is 0 Å². The van der Waals surface area contributed by atoms with Crippen molar-refractivity contribution in [2.75, 3.05) is 6.54 Å². The topological polar surface area (TPSA) is 41.1 Å². The first-order chi connectivity index (χ1) is 9.75. The van der Waals surface area contributed by atoms with E-state index < -0.39 is 0 Å². The summed E-state index contributed by atoms with van der Waals surface area (Å²) in [6, 6.07) is 6.39. The van der Waals surface area contributed by atoms with E-state index in [1.54, 1.807) is 0 Å². The molecule has 1 atom stereocenters. The van der Waals surface area contributed by atoms with E-state index in [0.717, 1.165) is 25.1 Å². The van der Waals surface area contributed by atoms with E-state index in [1.807, 2.05) is 12.1 Å². The number of carbonyl (C=O) groups is 1. The van der Waals surface area contributed by atoms with Gasteiger partial charge in [0.1, 0.15) is 0 Å². The Balaban J connectivity index is 1.73. The Hall–Kier alpha value is -1.35. The zero-order valence-corrected chi connectivity index (χ0v) is 12.2. The molecule has 1 fully saturated rings. The second-order valence-corrected chi connectivity index (χ2v) is 6.18. The van der Waals surface area contributed by atoms with Gasteiger partial charge >= 0.3 is 0 Å². The van der Waals surface area contributed by atoms with Gasteiger partial charge in [0.2, 0.25) is 0 Å². The Morgan fingerprint density at radius 2 is 2.15 bits per heavy atom. The van der Waals surface area contributed by atoms with Crippen molar-refractivity contribution in [2.24, 2.45) is 5.92 Å². The quantitative estimate of drug-likeness (QED) is 0.888. The summed E-state index contributed by atoms with van der Waals surface area (Å²) < 4.78 is 0. The summed E-state index contributed by atoms with van der Waals surface area (Å²) in [5.74, 6) is 0.781. The number of rotatable bonds is 3. The molecule has 3 rings (SSSR count). The summed E-state index contributed by atoms with van der Waals surface area (Å²) in [4.78, 5) is 12.6. The lowest BCUT2D eigenvalue weighted by Gasteiger charge is -2.23. The van der Waals surface area contributed by atoms with Crippen LogP contribution in [-0.4, -0.2) is 18.5 Å². The average Bonchev–Trinajstić information content (AvgIpc) is 3.01. The summed E-state index contributed by atoms with van der Waals surface area (Å²) in [6.45, 7) is 4.01. The van der Waals surface area contributed by atoms with Crippen molar-refractivity contribution in [3.05, 3.63) is 34.9 Å². The fourth-order valence-corrected chi connectivity index (χ4v) is 3.60. The van der Waals surface area contributed by atoms with Gasteiger partial charge in [-0.05, 0) is 55.8 Å². The van der Waals surface area contributed by atoms with Gasteiger partial charge in [-0.2, -0.15) is 0 Å². The third-order valence-electron chi connectivity index (χ3n) is 4.85. The highest BCUT2D eigenvalue weighted by Crippen LogP contribution is 2.28. The Labute approximate surface area is 121 Å². The minimum Gasteiger partial charge on any atom is -0.349 e. The maximum atomic E-state index is 12.6. The van der Waals surface area contributed by atoms with Crippen molar-refractivity contribution in [1.29, 1.82) is 0 Å². The number of fused-ring (bicyclic) bond motifs is 1. The second kappa shape index (κ2) is 5.96. The minimum atomic E-state index is 0.114. The summed E-state index contributed by atoms with van der Waals surface area (Å²) in [5, 5.41) is 6.59. The third kappa shape index (κ3) is 2.73. The Kier molecular flexibility index (Phi) is 4.06. The molecule has 1 heterocycles. The van der Waals surface area contributed by atoms with Crippen molar-refractivity contribution in [1.82, 2.24) is 10.6 Å². The minimum absolute atomic E-state index is 0.114. The molecule has 2 aliphatic rings. The van der Waals surface area contributed by atoms with Crippen LogP contribution < -0.4 is 10.6 Å². The van der Waals surface area contributed by atoms with Crippen LogP contribution >= 0.6 is 0 Å². The number of carbonyl (C=O) groups excluding carboxylic acids is 1. The molecule has 1 aromatic rings. The van der Waals surface area contributed by atoms with Crippen LogP contribution in [0.3, 0.4) is 0 Å². The van der Waals surface area contributed by atoms with Gasteiger partial charge in [-0.1, -0.05) is 25.0 Å². The molecule has 1 amide bonds. The Morgan fingerprint density at radius 3 is 2.95 bits per heavy atom. The predicted molar refractivity (Wildman–Crippen MR) is 80.7 cm³/mol. The van der Waals surface area contributed by atoms with Crippen LogP contribution in [0.15, 0.2) is 18.2 Å². The van der Waals surface area contributed by atoms with Crippen LogP contribution in [-0.2, 0) is 13.0 Å². The van der Waals surface area contributed by atoms with Crippen LogP contribution in [0.1, 0.15) is 54.1 Å². The summed E-state index contributed by atoms with van der Waals surface area (Å²) >= 11 is 0. The molecule has 0 spiro atoms. The zero-order valence-electron chi connectivity index (χ0n) is 12.2. The van der Waals surface area contributed by atoms with Gasteiger partial charge in [-0.15, -0.1) is 0 Å². The molecular formula is C17H24N2O. The summed E-state index contributed by atoms with van der Waals surface area (Å²) in [6.07, 6.45) is 6.11. The number of hydrogen-bond donors (Lipinski definition) is 2. The third-order valence-corrected chi connectivity index (χ3v) is 4.85. The molecule has 0 saturated heterocycles. The molecule has 0 bridgehead atoms. The first-order valence-corrected chi connectivity index (χ1v) is 7.88. The van der Waals surface area contributed by atoms with Crippen LogP contribution in [0.4, 0.5) is 0 Å². The lowest BCUT2D eigenvalue weighted by molar-refractivity contribution is 0.0926. The number of hydrogen-bond acceptors (Lipinski definition) is 2. The summed E-state index contributed by atoms with van der Waals surface area (Å²) in [5.41, 5.74) is 3.40. The second-order valence-electron chi connectivity index (χ2n) is 6.18. The molecule has 3 nitrogen and oxygen atoms in total. The highest BCUT2D eigenvalue weighted by molar-refractivity contribution is 5.96. The lowest BCUT2D eigenvalue weighted by atomic mass is 9.94. The van der Waals surface area contributed by atoms with Crippen molar-refractivity contribution >= 4 is 5.91 Å². The van der Waals surface area contributed by atoms with E-state index in [-0.39, 0.29) is 5.91 Å². The number of amides is 1. The van der Waals surface area contributed by atoms with Gasteiger partial charge < -0.3 is 10.6 Å². The highest BCUT2D eigenvalue weighted by atomic mass is 16.1. The van der Waals surface area contributed by atoms with E-state index in [4.69, 9.17) is 0 Å². The molecule has 3 heteroatoms. The van der Waals surface area contributed by atoms with E-state index in [9.17, 15) is 4.79 Å². The molecule has 1 saturated carbocycles. The first kappa shape index (κ1) is 13.6. The van der Waals surface area contributed by atoms with Crippen molar-refractivity contribution in [3.8, 4) is 0 Å². The molecule has 20 heavy (non-hydrogen) atoms. The summed E-state index contributed by atoms with van der Waals surface area (Å²) in [7, 11) is 0. The molecule has 0 radical (unpaired) electrons. The van der Waals surface area contributed by atoms with E-state index in [2.05, 4.69) is 23.6 Å².